The molecule has 7 N–H and O–H groups in total. The fourth-order valence-corrected chi connectivity index (χ4v) is 3.88. The summed E-state index contributed by atoms with van der Waals surface area (Å²) in [5, 5.41) is 7.71. The van der Waals surface area contributed by atoms with E-state index in [1.165, 1.54) is 6.42 Å². The van der Waals surface area contributed by atoms with Crippen LogP contribution in [0.4, 0.5) is 4.79 Å². The Morgan fingerprint density at radius 1 is 1.00 bits per heavy atom. The highest BCUT2D eigenvalue weighted by Gasteiger charge is 2.33. The highest BCUT2D eigenvalue weighted by molar-refractivity contribution is 6.01. The third-order valence-electron chi connectivity index (χ3n) is 6.07. The van der Waals surface area contributed by atoms with Crippen LogP contribution in [0.3, 0.4) is 0 Å². The van der Waals surface area contributed by atoms with E-state index < -0.39 is 12.1 Å². The average Bonchev–Trinajstić information content (AvgIpc) is 3.59. The summed E-state index contributed by atoms with van der Waals surface area (Å²) in [5.74, 6) is 0.176. The number of nitrogens with zero attached hydrogens (tertiary/aromatic N) is 1. The molecule has 13 heteroatoms. The molecule has 1 unspecified atom stereocenters. The predicted molar refractivity (Wildman–Crippen MR) is 184 cm³/mol. The van der Waals surface area contributed by atoms with E-state index in [1.807, 2.05) is 46.4 Å². The largest absolute Gasteiger partial charge is 0.364 e. The monoisotopic (exact) mass is 661 g/mol. The Morgan fingerprint density at radius 3 is 1.91 bits per heavy atom. The van der Waals surface area contributed by atoms with Crippen LogP contribution >= 0.6 is 0 Å². The zero-order chi connectivity index (χ0) is 36.3. The smallest absolute Gasteiger partial charge is 0.312 e. The summed E-state index contributed by atoms with van der Waals surface area (Å²) < 4.78 is 10.8. The number of carbonyl (C=O) groups excluding carboxylic acids is 5. The van der Waals surface area contributed by atoms with Crippen molar-refractivity contribution >= 4 is 29.5 Å². The van der Waals surface area contributed by atoms with Crippen LogP contribution in [0.5, 0.6) is 0 Å². The van der Waals surface area contributed by atoms with Crippen molar-refractivity contribution in [3.05, 3.63) is 0 Å². The number of ketones is 1. The summed E-state index contributed by atoms with van der Waals surface area (Å²) in [6, 6.07) is -1.78. The summed E-state index contributed by atoms with van der Waals surface area (Å²) in [7, 11) is 0. The maximum atomic E-state index is 12.8. The van der Waals surface area contributed by atoms with Crippen molar-refractivity contribution in [2.75, 3.05) is 33.2 Å². The number of hydrogen-bond acceptors (Lipinski definition) is 9. The number of primary amides is 1. The summed E-state index contributed by atoms with van der Waals surface area (Å²) in [4.78, 5) is 58.5. The number of hydrogen-bond donors (Lipinski definition) is 5. The van der Waals surface area contributed by atoms with Crippen LogP contribution in [0.25, 0.3) is 0 Å². The molecule has 2 rings (SSSR count). The first-order valence-electron chi connectivity index (χ1n) is 16.8. The number of amides is 5. The Morgan fingerprint density at radius 2 is 1.52 bits per heavy atom. The Bertz CT molecular complexity index is 832. The van der Waals surface area contributed by atoms with Gasteiger partial charge in [0.2, 0.25) is 17.7 Å². The van der Waals surface area contributed by atoms with Gasteiger partial charge in [0, 0.05) is 19.4 Å². The van der Waals surface area contributed by atoms with Gasteiger partial charge in [-0.1, -0.05) is 89.0 Å². The maximum absolute atomic E-state index is 12.8. The molecule has 5 amide bonds. The molecule has 2 aliphatic heterocycles. The van der Waals surface area contributed by atoms with Gasteiger partial charge in [0.25, 0.3) is 0 Å². The maximum Gasteiger partial charge on any atom is 0.312 e. The fourth-order valence-electron chi connectivity index (χ4n) is 3.88. The van der Waals surface area contributed by atoms with Gasteiger partial charge in [-0.05, 0) is 30.6 Å². The van der Waals surface area contributed by atoms with Crippen LogP contribution in [-0.4, -0.2) is 85.8 Å². The second-order valence-corrected chi connectivity index (χ2v) is 12.6. The molecule has 0 aromatic carbocycles. The van der Waals surface area contributed by atoms with Gasteiger partial charge in [-0.15, -0.1) is 0 Å². The molecule has 2 aliphatic rings. The number of ether oxygens (including phenoxy) is 2. The van der Waals surface area contributed by atoms with E-state index in [2.05, 4.69) is 50.6 Å². The van der Waals surface area contributed by atoms with Crippen LogP contribution in [0.15, 0.2) is 0 Å². The van der Waals surface area contributed by atoms with Crippen LogP contribution in [-0.2, 0) is 28.7 Å². The summed E-state index contributed by atoms with van der Waals surface area (Å²) >= 11 is 0. The van der Waals surface area contributed by atoms with Crippen molar-refractivity contribution < 1.29 is 33.4 Å². The predicted octanol–water partition coefficient (Wildman–Crippen LogP) is 3.82. The van der Waals surface area contributed by atoms with Gasteiger partial charge in [-0.3, -0.25) is 29.4 Å². The summed E-state index contributed by atoms with van der Waals surface area (Å²) in [6.45, 7) is 23.8. The van der Waals surface area contributed by atoms with Crippen molar-refractivity contribution in [2.45, 2.75) is 139 Å². The average molecular weight is 661 g/mol. The minimum absolute atomic E-state index is 0.0353. The minimum Gasteiger partial charge on any atom is -0.364 e. The van der Waals surface area contributed by atoms with Gasteiger partial charge < -0.3 is 31.6 Å². The standard InChI is InChI=1S/C20H39N5O5.C4H5NO2.C4H10.C3H8.C2H6/c1-5-7-14(16(26)10-29-12-21)23-18(27)15-8-6-9-25(15)13-30-11-17(20(2,3)4)24-19(22)28;6-3-1-2-4(7)5-3;1-4(2)3;1-3-2;1-2/h14-15,17H,5-13,21H2,1-4H3,(H,23,27)(H3,22,24,28);1-2H2,(H,5,6,7);4H,1-3H3;3H2,1-2H3;1-2H3/t14?,15-,17+;;;;/m0..../s1. The number of carbonyl (C=O) groups is 5. The number of likely N-dealkylation sites (tertiary alicyclic amines) is 1. The van der Waals surface area contributed by atoms with Gasteiger partial charge in [-0.2, -0.15) is 0 Å². The quantitative estimate of drug-likeness (QED) is 0.144. The molecular formula is C33H68N6O7. The number of Topliss-reactive ketones (excluding diaryl/α,β-unsaturated/α-hetero) is 1. The van der Waals surface area contributed by atoms with E-state index in [1.54, 1.807) is 0 Å². The van der Waals surface area contributed by atoms with Gasteiger partial charge in [0.05, 0.1) is 38.2 Å². The Labute approximate surface area is 279 Å². The van der Waals surface area contributed by atoms with E-state index in [-0.39, 0.29) is 67.7 Å². The molecular weight excluding hydrogens is 592 g/mol. The molecule has 0 aromatic heterocycles. The summed E-state index contributed by atoms with van der Waals surface area (Å²) in [6.07, 6.45) is 4.87. The number of rotatable bonds is 13. The molecule has 13 nitrogen and oxygen atoms in total. The van der Waals surface area contributed by atoms with E-state index in [4.69, 9.17) is 20.9 Å². The van der Waals surface area contributed by atoms with Crippen LogP contribution in [0, 0.1) is 11.3 Å². The van der Waals surface area contributed by atoms with Crippen molar-refractivity contribution in [3.63, 3.8) is 0 Å². The van der Waals surface area contributed by atoms with E-state index >= 15 is 0 Å². The van der Waals surface area contributed by atoms with Gasteiger partial charge in [0.1, 0.15) is 6.61 Å². The first kappa shape index (κ1) is 47.8. The lowest BCUT2D eigenvalue weighted by molar-refractivity contribution is -0.133. The molecule has 0 spiro atoms. The lowest BCUT2D eigenvalue weighted by atomic mass is 9.87. The highest BCUT2D eigenvalue weighted by atomic mass is 16.5. The molecule has 0 aliphatic carbocycles. The fraction of sp³-hybridized carbons (Fsp3) is 0.848. The van der Waals surface area contributed by atoms with Gasteiger partial charge in [0.15, 0.2) is 5.78 Å². The number of nitrogens with two attached hydrogens (primary N) is 2. The molecule has 2 fully saturated rings. The minimum atomic E-state index is -0.595. The molecule has 3 atom stereocenters. The van der Waals surface area contributed by atoms with Crippen LogP contribution in [0.2, 0.25) is 0 Å². The lowest BCUT2D eigenvalue weighted by Crippen LogP contribution is -2.51. The highest BCUT2D eigenvalue weighted by Crippen LogP contribution is 2.21. The zero-order valence-corrected chi connectivity index (χ0v) is 30.8. The van der Waals surface area contributed by atoms with Crippen LogP contribution in [0.1, 0.15) is 121 Å². The zero-order valence-electron chi connectivity index (χ0n) is 30.8. The number of nitrogens with one attached hydrogen (secondary N) is 3. The van der Waals surface area contributed by atoms with Crippen molar-refractivity contribution in [1.29, 1.82) is 0 Å². The SMILES string of the molecule is CC.CC(C)C.CCC.CCCC(NC(=O)[C@@H]1CCCN1COC[C@@H](NC(N)=O)C(C)(C)C)C(=O)COCN.O=C1CCC(=O)N1. The number of imide groups is 1. The molecule has 0 radical (unpaired) electrons. The van der Waals surface area contributed by atoms with Crippen molar-refractivity contribution in [2.24, 2.45) is 22.8 Å². The second kappa shape index (κ2) is 28.6. The summed E-state index contributed by atoms with van der Waals surface area (Å²) in [5.41, 5.74) is 10.3. The second-order valence-electron chi connectivity index (χ2n) is 12.6. The van der Waals surface area contributed by atoms with E-state index in [0.717, 1.165) is 25.3 Å². The first-order chi connectivity index (χ1) is 21.5. The molecule has 0 saturated carbocycles. The van der Waals surface area contributed by atoms with E-state index in [9.17, 15) is 24.0 Å². The Kier molecular flexibility index (Phi) is 29.7. The molecule has 46 heavy (non-hydrogen) atoms. The Hall–Kier alpha value is -2.61. The molecule has 2 saturated heterocycles. The third kappa shape index (κ3) is 25.6. The van der Waals surface area contributed by atoms with Gasteiger partial charge >= 0.3 is 6.03 Å². The first-order valence-corrected chi connectivity index (χ1v) is 16.8. The molecule has 0 aromatic rings. The molecule has 2 heterocycles. The number of urea groups is 1. The Balaban J connectivity index is -0.000000944. The molecule has 0 bridgehead atoms. The molecule has 272 valence electrons. The lowest BCUT2D eigenvalue weighted by Gasteiger charge is -2.32. The van der Waals surface area contributed by atoms with Gasteiger partial charge in [-0.25, -0.2) is 4.79 Å². The van der Waals surface area contributed by atoms with Crippen LogP contribution < -0.4 is 27.4 Å². The third-order valence-corrected chi connectivity index (χ3v) is 6.07. The van der Waals surface area contributed by atoms with Crippen molar-refractivity contribution in [1.82, 2.24) is 20.9 Å². The topological polar surface area (TPSA) is 195 Å². The van der Waals surface area contributed by atoms with Crippen molar-refractivity contribution in [3.8, 4) is 0 Å². The normalized spacial score (nSPS) is 16.9. The van der Waals surface area contributed by atoms with E-state index in [0.29, 0.717) is 25.7 Å².